The zero-order valence-electron chi connectivity index (χ0n) is 15.1. The first-order valence-corrected chi connectivity index (χ1v) is 8.75. The standard InChI is InChI=1S/C22H18N4O2/c23-13-17-8-4-5-9-20(17)26-22(28)19-12-18(14-24-15-19)21(27)25-11-10-16-6-2-1-3-7-16/h1-9,12,14-15H,10-11H2,(H,25,27)(H,26,28). The molecule has 28 heavy (non-hydrogen) atoms. The van der Waals surface area contributed by atoms with E-state index < -0.39 is 5.91 Å². The molecule has 3 rings (SSSR count). The lowest BCUT2D eigenvalue weighted by atomic mass is 10.1. The van der Waals surface area contributed by atoms with Gasteiger partial charge in [0, 0.05) is 18.9 Å². The predicted molar refractivity (Wildman–Crippen MR) is 106 cm³/mol. The Kier molecular flexibility index (Phi) is 6.11. The molecule has 2 N–H and O–H groups in total. The van der Waals surface area contributed by atoms with E-state index in [4.69, 9.17) is 5.26 Å². The van der Waals surface area contributed by atoms with E-state index in [-0.39, 0.29) is 11.5 Å². The lowest BCUT2D eigenvalue weighted by Gasteiger charge is -2.08. The molecule has 0 aliphatic heterocycles. The molecule has 6 nitrogen and oxygen atoms in total. The van der Waals surface area contributed by atoms with Crippen molar-refractivity contribution in [2.75, 3.05) is 11.9 Å². The molecule has 0 saturated heterocycles. The number of anilines is 1. The quantitative estimate of drug-likeness (QED) is 0.697. The molecule has 0 atom stereocenters. The first kappa shape index (κ1) is 18.8. The summed E-state index contributed by atoms with van der Waals surface area (Å²) in [6.45, 7) is 0.481. The van der Waals surface area contributed by atoms with Gasteiger partial charge in [0.05, 0.1) is 22.4 Å². The third-order valence-corrected chi connectivity index (χ3v) is 4.10. The van der Waals surface area contributed by atoms with E-state index in [1.807, 2.05) is 36.4 Å². The van der Waals surface area contributed by atoms with Crippen molar-refractivity contribution in [3.8, 4) is 6.07 Å². The van der Waals surface area contributed by atoms with E-state index in [0.29, 0.717) is 29.8 Å². The largest absolute Gasteiger partial charge is 0.352 e. The van der Waals surface area contributed by atoms with Crippen LogP contribution >= 0.6 is 0 Å². The van der Waals surface area contributed by atoms with Gasteiger partial charge in [-0.25, -0.2) is 0 Å². The Balaban J connectivity index is 1.63. The van der Waals surface area contributed by atoms with Gasteiger partial charge in [0.1, 0.15) is 6.07 Å². The molecule has 6 heteroatoms. The number of carbonyl (C=O) groups excluding carboxylic acids is 2. The summed E-state index contributed by atoms with van der Waals surface area (Å²) in [5.74, 6) is -0.732. The van der Waals surface area contributed by atoms with Gasteiger partial charge in [-0.2, -0.15) is 5.26 Å². The minimum Gasteiger partial charge on any atom is -0.352 e. The zero-order valence-corrected chi connectivity index (χ0v) is 15.1. The van der Waals surface area contributed by atoms with Gasteiger partial charge in [0.25, 0.3) is 11.8 Å². The minimum atomic E-state index is -0.436. The third kappa shape index (κ3) is 4.80. The molecular weight excluding hydrogens is 352 g/mol. The summed E-state index contributed by atoms with van der Waals surface area (Å²) >= 11 is 0. The molecule has 3 aromatic rings. The Morgan fingerprint density at radius 1 is 0.929 bits per heavy atom. The number of nitrogens with one attached hydrogen (secondary N) is 2. The lowest BCUT2D eigenvalue weighted by molar-refractivity contribution is 0.0953. The van der Waals surface area contributed by atoms with Crippen LogP contribution in [0.25, 0.3) is 0 Å². The molecular formula is C22H18N4O2. The van der Waals surface area contributed by atoms with Gasteiger partial charge in [0.2, 0.25) is 0 Å². The smallest absolute Gasteiger partial charge is 0.257 e. The van der Waals surface area contributed by atoms with E-state index in [9.17, 15) is 9.59 Å². The SMILES string of the molecule is N#Cc1ccccc1NC(=O)c1cncc(C(=O)NCCc2ccccc2)c1. The van der Waals surface area contributed by atoms with Crippen LogP contribution in [-0.2, 0) is 6.42 Å². The van der Waals surface area contributed by atoms with Crippen molar-refractivity contribution >= 4 is 17.5 Å². The van der Waals surface area contributed by atoms with Crippen molar-refractivity contribution in [3.63, 3.8) is 0 Å². The van der Waals surface area contributed by atoms with Gasteiger partial charge in [0.15, 0.2) is 0 Å². The Bertz CT molecular complexity index is 1030. The molecule has 2 amide bonds. The number of nitrogens with zero attached hydrogens (tertiary/aromatic N) is 2. The van der Waals surface area contributed by atoms with Crippen molar-refractivity contribution < 1.29 is 9.59 Å². The number of para-hydroxylation sites is 1. The van der Waals surface area contributed by atoms with E-state index in [2.05, 4.69) is 15.6 Å². The highest BCUT2D eigenvalue weighted by atomic mass is 16.2. The van der Waals surface area contributed by atoms with Crippen LogP contribution in [-0.4, -0.2) is 23.3 Å². The summed E-state index contributed by atoms with van der Waals surface area (Å²) < 4.78 is 0. The summed E-state index contributed by atoms with van der Waals surface area (Å²) in [4.78, 5) is 28.8. The maximum absolute atomic E-state index is 12.5. The second-order valence-corrected chi connectivity index (χ2v) is 6.07. The van der Waals surface area contributed by atoms with Crippen LogP contribution in [0.5, 0.6) is 0 Å². The van der Waals surface area contributed by atoms with Crippen molar-refractivity contribution in [3.05, 3.63) is 95.3 Å². The number of amides is 2. The summed E-state index contributed by atoms with van der Waals surface area (Å²) in [5.41, 5.74) is 2.44. The van der Waals surface area contributed by atoms with Crippen molar-refractivity contribution in [1.29, 1.82) is 5.26 Å². The second-order valence-electron chi connectivity index (χ2n) is 6.07. The van der Waals surface area contributed by atoms with Crippen LogP contribution in [0.15, 0.2) is 73.1 Å². The molecule has 2 aromatic carbocycles. The van der Waals surface area contributed by atoms with Crippen LogP contribution in [0.4, 0.5) is 5.69 Å². The van der Waals surface area contributed by atoms with Crippen LogP contribution in [0, 0.1) is 11.3 Å². The summed E-state index contributed by atoms with van der Waals surface area (Å²) in [6, 6.07) is 20.1. The van der Waals surface area contributed by atoms with Gasteiger partial charge in [-0.1, -0.05) is 42.5 Å². The highest BCUT2D eigenvalue weighted by molar-refractivity contribution is 6.06. The average Bonchev–Trinajstić information content (AvgIpc) is 2.75. The fourth-order valence-corrected chi connectivity index (χ4v) is 2.64. The monoisotopic (exact) mass is 370 g/mol. The van der Waals surface area contributed by atoms with Crippen molar-refractivity contribution in [1.82, 2.24) is 10.3 Å². The maximum Gasteiger partial charge on any atom is 0.257 e. The Labute approximate surface area is 162 Å². The van der Waals surface area contributed by atoms with Crippen LogP contribution in [0.3, 0.4) is 0 Å². The van der Waals surface area contributed by atoms with E-state index in [1.165, 1.54) is 18.5 Å². The normalized spacial score (nSPS) is 9.96. The highest BCUT2D eigenvalue weighted by Crippen LogP contribution is 2.15. The van der Waals surface area contributed by atoms with Crippen LogP contribution < -0.4 is 10.6 Å². The lowest BCUT2D eigenvalue weighted by Crippen LogP contribution is -2.26. The van der Waals surface area contributed by atoms with Gasteiger partial charge in [-0.05, 0) is 30.2 Å². The molecule has 0 unspecified atom stereocenters. The molecule has 0 aliphatic carbocycles. The number of carbonyl (C=O) groups is 2. The topological polar surface area (TPSA) is 94.9 Å². The van der Waals surface area contributed by atoms with Crippen molar-refractivity contribution in [2.45, 2.75) is 6.42 Å². The zero-order chi connectivity index (χ0) is 19.8. The molecule has 0 spiro atoms. The first-order chi connectivity index (χ1) is 13.7. The van der Waals surface area contributed by atoms with Gasteiger partial charge >= 0.3 is 0 Å². The summed E-state index contributed by atoms with van der Waals surface area (Å²) in [6.07, 6.45) is 3.51. The Morgan fingerprint density at radius 3 is 2.36 bits per heavy atom. The van der Waals surface area contributed by atoms with Gasteiger partial charge in [-0.3, -0.25) is 14.6 Å². The first-order valence-electron chi connectivity index (χ1n) is 8.75. The van der Waals surface area contributed by atoms with Gasteiger partial charge in [-0.15, -0.1) is 0 Å². The molecule has 0 fully saturated rings. The molecule has 1 aromatic heterocycles. The molecule has 0 saturated carbocycles. The third-order valence-electron chi connectivity index (χ3n) is 4.10. The van der Waals surface area contributed by atoms with Crippen LogP contribution in [0.2, 0.25) is 0 Å². The number of rotatable bonds is 6. The van der Waals surface area contributed by atoms with Crippen molar-refractivity contribution in [2.24, 2.45) is 0 Å². The molecule has 0 radical (unpaired) electrons. The molecule has 0 bridgehead atoms. The maximum atomic E-state index is 12.5. The Hall–Kier alpha value is -3.98. The fourth-order valence-electron chi connectivity index (χ4n) is 2.64. The average molecular weight is 370 g/mol. The number of aromatic nitrogens is 1. The van der Waals surface area contributed by atoms with E-state index in [0.717, 1.165) is 5.56 Å². The van der Waals surface area contributed by atoms with Gasteiger partial charge < -0.3 is 10.6 Å². The molecule has 138 valence electrons. The number of nitriles is 1. The number of hydrogen-bond acceptors (Lipinski definition) is 4. The number of hydrogen-bond donors (Lipinski definition) is 2. The minimum absolute atomic E-state index is 0.239. The summed E-state index contributed by atoms with van der Waals surface area (Å²) in [7, 11) is 0. The molecule has 0 aliphatic rings. The highest BCUT2D eigenvalue weighted by Gasteiger charge is 2.13. The van der Waals surface area contributed by atoms with E-state index >= 15 is 0 Å². The Morgan fingerprint density at radius 2 is 1.61 bits per heavy atom. The van der Waals surface area contributed by atoms with Crippen LogP contribution in [0.1, 0.15) is 31.8 Å². The number of pyridine rings is 1. The van der Waals surface area contributed by atoms with E-state index in [1.54, 1.807) is 24.3 Å². The fraction of sp³-hybridized carbons (Fsp3) is 0.0909. The predicted octanol–water partition coefficient (Wildman–Crippen LogP) is 3.18. The second kappa shape index (κ2) is 9.10. The molecule has 1 heterocycles. The number of benzene rings is 2. The summed E-state index contributed by atoms with van der Waals surface area (Å²) in [5, 5.41) is 14.6.